The molecule has 1 fully saturated rings. The summed E-state index contributed by atoms with van der Waals surface area (Å²) in [5.41, 5.74) is 0.884. The number of nitrogens with zero attached hydrogens (tertiary/aromatic N) is 3. The van der Waals surface area contributed by atoms with Gasteiger partial charge in [0.1, 0.15) is 0 Å². The molecule has 5 heteroatoms. The van der Waals surface area contributed by atoms with E-state index in [2.05, 4.69) is 15.1 Å². The van der Waals surface area contributed by atoms with E-state index in [4.69, 9.17) is 11.6 Å². The van der Waals surface area contributed by atoms with Gasteiger partial charge in [0, 0.05) is 12.6 Å². The van der Waals surface area contributed by atoms with E-state index in [1.165, 1.54) is 6.42 Å². The van der Waals surface area contributed by atoms with Crippen molar-refractivity contribution in [3.05, 3.63) is 23.0 Å². The molecule has 1 aromatic rings. The first kappa shape index (κ1) is 12.7. The molecule has 0 aromatic carbocycles. The highest BCUT2D eigenvalue weighted by Gasteiger charge is 2.26. The van der Waals surface area contributed by atoms with Crippen LogP contribution in [0.1, 0.15) is 31.4 Å². The van der Waals surface area contributed by atoms with Crippen LogP contribution in [0.15, 0.2) is 12.1 Å². The summed E-state index contributed by atoms with van der Waals surface area (Å²) < 4.78 is 0. The van der Waals surface area contributed by atoms with Crippen molar-refractivity contribution in [1.29, 1.82) is 0 Å². The average molecular weight is 256 g/mol. The summed E-state index contributed by atoms with van der Waals surface area (Å²) in [4.78, 5) is 2.15. The minimum absolute atomic E-state index is 0.214. The molecule has 0 amide bonds. The quantitative estimate of drug-likeness (QED) is 0.896. The van der Waals surface area contributed by atoms with Crippen LogP contribution in [-0.2, 0) is 6.54 Å². The molecule has 2 rings (SSSR count). The van der Waals surface area contributed by atoms with E-state index < -0.39 is 0 Å². The number of likely N-dealkylation sites (N-methyl/N-ethyl adjacent to an activating group) is 1. The summed E-state index contributed by atoms with van der Waals surface area (Å²) in [6.45, 7) is 0.700. The van der Waals surface area contributed by atoms with Crippen LogP contribution < -0.4 is 0 Å². The molecule has 1 saturated carbocycles. The molecule has 1 aliphatic carbocycles. The third-order valence-electron chi connectivity index (χ3n) is 3.36. The lowest BCUT2D eigenvalue weighted by Gasteiger charge is -2.34. The van der Waals surface area contributed by atoms with Crippen molar-refractivity contribution in [2.45, 2.75) is 44.4 Å². The van der Waals surface area contributed by atoms with Gasteiger partial charge in [-0.25, -0.2) is 0 Å². The summed E-state index contributed by atoms with van der Waals surface area (Å²) in [6, 6.07) is 3.86. The second-order valence-corrected chi connectivity index (χ2v) is 5.07. The van der Waals surface area contributed by atoms with E-state index in [1.807, 2.05) is 13.1 Å². The van der Waals surface area contributed by atoms with Crippen molar-refractivity contribution in [2.24, 2.45) is 0 Å². The second kappa shape index (κ2) is 5.76. The molecule has 1 heterocycles. The van der Waals surface area contributed by atoms with Crippen LogP contribution in [0.25, 0.3) is 0 Å². The molecule has 1 N–H and O–H groups in total. The average Bonchev–Trinajstić information content (AvgIpc) is 2.32. The molecule has 94 valence electrons. The number of hydrogen-bond donors (Lipinski definition) is 1. The Morgan fingerprint density at radius 3 is 2.76 bits per heavy atom. The Labute approximate surface area is 107 Å². The van der Waals surface area contributed by atoms with Gasteiger partial charge in [-0.2, -0.15) is 5.10 Å². The van der Waals surface area contributed by atoms with Gasteiger partial charge >= 0.3 is 0 Å². The third-order valence-corrected chi connectivity index (χ3v) is 3.56. The number of aliphatic hydroxyl groups excluding tert-OH is 1. The van der Waals surface area contributed by atoms with Gasteiger partial charge in [0.15, 0.2) is 5.15 Å². The number of aromatic nitrogens is 2. The van der Waals surface area contributed by atoms with Crippen molar-refractivity contribution in [1.82, 2.24) is 15.1 Å². The molecule has 1 aliphatic rings. The van der Waals surface area contributed by atoms with E-state index in [0.29, 0.717) is 11.7 Å². The summed E-state index contributed by atoms with van der Waals surface area (Å²) in [5, 5.41) is 18.2. The maximum Gasteiger partial charge on any atom is 0.151 e. The largest absolute Gasteiger partial charge is 0.391 e. The van der Waals surface area contributed by atoms with Gasteiger partial charge in [0.05, 0.1) is 11.8 Å². The molecule has 2 unspecified atom stereocenters. The molecule has 0 radical (unpaired) electrons. The summed E-state index contributed by atoms with van der Waals surface area (Å²) >= 11 is 5.69. The summed E-state index contributed by atoms with van der Waals surface area (Å²) in [6.07, 6.45) is 4.07. The predicted molar refractivity (Wildman–Crippen MR) is 66.8 cm³/mol. The predicted octanol–water partition coefficient (Wildman–Crippen LogP) is 1.87. The molecule has 1 aromatic heterocycles. The molecule has 4 nitrogen and oxygen atoms in total. The van der Waals surface area contributed by atoms with Gasteiger partial charge in [-0.15, -0.1) is 5.10 Å². The molecular weight excluding hydrogens is 238 g/mol. The highest BCUT2D eigenvalue weighted by molar-refractivity contribution is 6.29. The van der Waals surface area contributed by atoms with Gasteiger partial charge in [0.25, 0.3) is 0 Å². The number of aliphatic hydroxyl groups is 1. The Hall–Kier alpha value is -0.710. The van der Waals surface area contributed by atoms with E-state index >= 15 is 0 Å². The fourth-order valence-electron chi connectivity index (χ4n) is 2.41. The zero-order valence-electron chi connectivity index (χ0n) is 10.0. The monoisotopic (exact) mass is 255 g/mol. The first-order valence-corrected chi connectivity index (χ1v) is 6.41. The molecular formula is C12H18ClN3O. The third kappa shape index (κ3) is 3.37. The first-order valence-electron chi connectivity index (χ1n) is 6.03. The minimum atomic E-state index is -0.214. The Kier molecular flexibility index (Phi) is 4.31. The lowest BCUT2D eigenvalue weighted by atomic mass is 9.91. The topological polar surface area (TPSA) is 49.2 Å². The van der Waals surface area contributed by atoms with E-state index in [9.17, 15) is 5.11 Å². The minimum Gasteiger partial charge on any atom is -0.391 e. The van der Waals surface area contributed by atoms with Gasteiger partial charge in [0.2, 0.25) is 0 Å². The number of halogens is 1. The zero-order chi connectivity index (χ0) is 12.3. The zero-order valence-corrected chi connectivity index (χ0v) is 10.8. The number of hydrogen-bond acceptors (Lipinski definition) is 4. The van der Waals surface area contributed by atoms with Crippen molar-refractivity contribution < 1.29 is 5.11 Å². The second-order valence-electron chi connectivity index (χ2n) is 4.68. The van der Waals surface area contributed by atoms with Crippen LogP contribution >= 0.6 is 11.6 Å². The van der Waals surface area contributed by atoms with Crippen molar-refractivity contribution in [3.63, 3.8) is 0 Å². The molecule has 0 spiro atoms. The normalized spacial score (nSPS) is 25.2. The smallest absolute Gasteiger partial charge is 0.151 e. The summed E-state index contributed by atoms with van der Waals surface area (Å²) in [7, 11) is 2.02. The highest BCUT2D eigenvalue weighted by atomic mass is 35.5. The maximum atomic E-state index is 9.96. The summed E-state index contributed by atoms with van der Waals surface area (Å²) in [5.74, 6) is 0. The van der Waals surface area contributed by atoms with Crippen LogP contribution in [-0.4, -0.2) is 39.4 Å². The molecule has 2 atom stereocenters. The van der Waals surface area contributed by atoms with E-state index in [-0.39, 0.29) is 12.1 Å². The molecule has 0 saturated heterocycles. The molecule has 0 bridgehead atoms. The van der Waals surface area contributed by atoms with Crippen LogP contribution in [0.5, 0.6) is 0 Å². The molecule has 0 aliphatic heterocycles. The van der Waals surface area contributed by atoms with Gasteiger partial charge in [-0.05, 0) is 32.0 Å². The maximum absolute atomic E-state index is 9.96. The Balaban J connectivity index is 1.95. The van der Waals surface area contributed by atoms with Crippen molar-refractivity contribution in [3.8, 4) is 0 Å². The lowest BCUT2D eigenvalue weighted by Crippen LogP contribution is -2.43. The Morgan fingerprint density at radius 2 is 2.12 bits per heavy atom. The fraction of sp³-hybridized carbons (Fsp3) is 0.667. The van der Waals surface area contributed by atoms with Gasteiger partial charge in [-0.1, -0.05) is 24.4 Å². The standard InChI is InChI=1S/C12H18ClN3O/c1-16(10-4-2-3-5-11(10)17)8-9-6-7-12(13)15-14-9/h6-7,10-11,17H,2-5,8H2,1H3. The van der Waals surface area contributed by atoms with E-state index in [0.717, 1.165) is 25.0 Å². The van der Waals surface area contributed by atoms with Crippen LogP contribution in [0.4, 0.5) is 0 Å². The van der Waals surface area contributed by atoms with Crippen LogP contribution in [0, 0.1) is 0 Å². The van der Waals surface area contributed by atoms with Crippen LogP contribution in [0.3, 0.4) is 0 Å². The van der Waals surface area contributed by atoms with Gasteiger partial charge < -0.3 is 5.11 Å². The van der Waals surface area contributed by atoms with Gasteiger partial charge in [-0.3, -0.25) is 4.90 Å². The highest BCUT2D eigenvalue weighted by Crippen LogP contribution is 2.23. The van der Waals surface area contributed by atoms with Crippen molar-refractivity contribution >= 4 is 11.6 Å². The lowest BCUT2D eigenvalue weighted by molar-refractivity contribution is 0.0282. The van der Waals surface area contributed by atoms with E-state index in [1.54, 1.807) is 6.07 Å². The first-order chi connectivity index (χ1) is 8.16. The SMILES string of the molecule is CN(Cc1ccc(Cl)nn1)C1CCCCC1O. The number of rotatable bonds is 3. The molecule has 17 heavy (non-hydrogen) atoms. The Bertz CT molecular complexity index is 357. The van der Waals surface area contributed by atoms with Crippen LogP contribution in [0.2, 0.25) is 5.15 Å². The fourth-order valence-corrected chi connectivity index (χ4v) is 2.51. The Morgan fingerprint density at radius 1 is 1.35 bits per heavy atom. The van der Waals surface area contributed by atoms with Crippen molar-refractivity contribution in [2.75, 3.05) is 7.05 Å².